The van der Waals surface area contributed by atoms with Crippen molar-refractivity contribution < 1.29 is 9.53 Å². The number of rotatable bonds is 7. The van der Waals surface area contributed by atoms with Gasteiger partial charge in [0.2, 0.25) is 5.95 Å². The number of hydrogen-bond acceptors (Lipinski definition) is 5. The van der Waals surface area contributed by atoms with Crippen molar-refractivity contribution in [2.75, 3.05) is 25.6 Å². The molecule has 0 saturated carbocycles. The fraction of sp³-hybridized carbons (Fsp3) is 0.267. The fourth-order valence-corrected chi connectivity index (χ4v) is 1.70. The molecule has 0 aliphatic carbocycles. The number of benzene rings is 1. The molecule has 0 atom stereocenters. The van der Waals surface area contributed by atoms with Crippen LogP contribution in [0.1, 0.15) is 16.1 Å². The van der Waals surface area contributed by atoms with E-state index in [1.54, 1.807) is 19.4 Å². The molecule has 2 rings (SSSR count). The fourth-order valence-electron chi connectivity index (χ4n) is 1.70. The highest BCUT2D eigenvalue weighted by Crippen LogP contribution is 2.04. The molecule has 0 bridgehead atoms. The molecular weight excluding hydrogens is 268 g/mol. The third-order valence-corrected chi connectivity index (χ3v) is 2.77. The summed E-state index contributed by atoms with van der Waals surface area (Å²) in [5.74, 6) is 0.190. The molecule has 2 aromatic rings. The van der Waals surface area contributed by atoms with Crippen LogP contribution in [-0.4, -0.2) is 36.1 Å². The molecule has 0 aliphatic rings. The Morgan fingerprint density at radius 3 is 2.81 bits per heavy atom. The molecule has 2 N–H and O–H groups in total. The van der Waals surface area contributed by atoms with E-state index in [9.17, 15) is 4.79 Å². The average Bonchev–Trinajstić information content (AvgIpc) is 2.54. The van der Waals surface area contributed by atoms with Crippen molar-refractivity contribution in [1.29, 1.82) is 0 Å². The largest absolute Gasteiger partial charge is 0.383 e. The van der Waals surface area contributed by atoms with Gasteiger partial charge in [0.1, 0.15) is 5.69 Å². The van der Waals surface area contributed by atoms with Crippen LogP contribution in [0.5, 0.6) is 0 Å². The van der Waals surface area contributed by atoms with Crippen LogP contribution in [0.2, 0.25) is 0 Å². The zero-order chi connectivity index (χ0) is 14.9. The molecule has 21 heavy (non-hydrogen) atoms. The van der Waals surface area contributed by atoms with Gasteiger partial charge >= 0.3 is 0 Å². The van der Waals surface area contributed by atoms with E-state index in [0.717, 1.165) is 5.56 Å². The summed E-state index contributed by atoms with van der Waals surface area (Å²) in [4.78, 5) is 20.2. The summed E-state index contributed by atoms with van der Waals surface area (Å²) in [6.07, 6.45) is 1.56. The minimum absolute atomic E-state index is 0.239. The van der Waals surface area contributed by atoms with Gasteiger partial charge < -0.3 is 15.4 Å². The maximum Gasteiger partial charge on any atom is 0.270 e. The smallest absolute Gasteiger partial charge is 0.270 e. The van der Waals surface area contributed by atoms with E-state index < -0.39 is 0 Å². The standard InChI is InChI=1S/C15H18N4O2/c1-21-10-9-16-14(20)13-7-8-17-15(19-13)18-11-12-5-3-2-4-6-12/h2-8H,9-11H2,1H3,(H,16,20)(H,17,18,19). The monoisotopic (exact) mass is 286 g/mol. The van der Waals surface area contributed by atoms with Gasteiger partial charge in [-0.05, 0) is 11.6 Å². The van der Waals surface area contributed by atoms with Crippen LogP contribution in [0.4, 0.5) is 5.95 Å². The van der Waals surface area contributed by atoms with Crippen molar-refractivity contribution in [3.05, 3.63) is 53.9 Å². The van der Waals surface area contributed by atoms with Crippen LogP contribution in [0.15, 0.2) is 42.6 Å². The van der Waals surface area contributed by atoms with E-state index in [-0.39, 0.29) is 5.91 Å². The first kappa shape index (κ1) is 14.9. The highest BCUT2D eigenvalue weighted by molar-refractivity contribution is 5.92. The second-order valence-electron chi connectivity index (χ2n) is 4.35. The quantitative estimate of drug-likeness (QED) is 0.754. The molecule has 1 amide bonds. The third kappa shape index (κ3) is 4.85. The van der Waals surface area contributed by atoms with Gasteiger partial charge in [-0.1, -0.05) is 30.3 Å². The van der Waals surface area contributed by atoms with Gasteiger partial charge in [-0.15, -0.1) is 0 Å². The zero-order valence-corrected chi connectivity index (χ0v) is 11.9. The summed E-state index contributed by atoms with van der Waals surface area (Å²) in [6.45, 7) is 1.53. The number of aromatic nitrogens is 2. The topological polar surface area (TPSA) is 76.1 Å². The van der Waals surface area contributed by atoms with Gasteiger partial charge in [-0.25, -0.2) is 9.97 Å². The summed E-state index contributed by atoms with van der Waals surface area (Å²) in [5, 5.41) is 5.82. The molecule has 0 radical (unpaired) electrons. The lowest BCUT2D eigenvalue weighted by Gasteiger charge is -2.07. The van der Waals surface area contributed by atoms with E-state index in [2.05, 4.69) is 20.6 Å². The van der Waals surface area contributed by atoms with Crippen LogP contribution in [0.3, 0.4) is 0 Å². The summed E-state index contributed by atoms with van der Waals surface area (Å²) in [5.41, 5.74) is 1.45. The summed E-state index contributed by atoms with van der Waals surface area (Å²) in [6, 6.07) is 11.5. The molecule has 6 nitrogen and oxygen atoms in total. The molecule has 6 heteroatoms. The Morgan fingerprint density at radius 2 is 2.05 bits per heavy atom. The lowest BCUT2D eigenvalue weighted by Crippen LogP contribution is -2.28. The van der Waals surface area contributed by atoms with Crippen LogP contribution in [0, 0.1) is 0 Å². The minimum Gasteiger partial charge on any atom is -0.383 e. The Labute approximate surface area is 123 Å². The first-order valence-corrected chi connectivity index (χ1v) is 6.67. The number of carbonyl (C=O) groups excluding carboxylic acids is 1. The number of methoxy groups -OCH3 is 1. The zero-order valence-electron chi connectivity index (χ0n) is 11.9. The number of nitrogens with zero attached hydrogens (tertiary/aromatic N) is 2. The maximum absolute atomic E-state index is 11.9. The minimum atomic E-state index is -0.239. The molecule has 0 fully saturated rings. The number of nitrogens with one attached hydrogen (secondary N) is 2. The summed E-state index contributed by atoms with van der Waals surface area (Å²) in [7, 11) is 1.59. The highest BCUT2D eigenvalue weighted by Gasteiger charge is 2.07. The number of anilines is 1. The normalized spacial score (nSPS) is 10.1. The first-order chi connectivity index (χ1) is 10.3. The molecule has 1 aromatic carbocycles. The van der Waals surface area contributed by atoms with Gasteiger partial charge in [-0.2, -0.15) is 0 Å². The lowest BCUT2D eigenvalue weighted by atomic mass is 10.2. The van der Waals surface area contributed by atoms with Gasteiger partial charge in [0.15, 0.2) is 0 Å². The maximum atomic E-state index is 11.9. The summed E-state index contributed by atoms with van der Waals surface area (Å²) >= 11 is 0. The van der Waals surface area contributed by atoms with Crippen molar-refractivity contribution in [3.63, 3.8) is 0 Å². The van der Waals surface area contributed by atoms with E-state index >= 15 is 0 Å². The molecule has 1 aromatic heterocycles. The van der Waals surface area contributed by atoms with Gasteiger partial charge in [0.25, 0.3) is 5.91 Å². The van der Waals surface area contributed by atoms with Crippen molar-refractivity contribution in [2.24, 2.45) is 0 Å². The summed E-state index contributed by atoms with van der Waals surface area (Å²) < 4.78 is 4.88. The number of hydrogen-bond donors (Lipinski definition) is 2. The first-order valence-electron chi connectivity index (χ1n) is 6.67. The molecule has 110 valence electrons. The predicted octanol–water partition coefficient (Wildman–Crippen LogP) is 1.46. The Bertz CT molecular complexity index is 575. The molecular formula is C15H18N4O2. The Kier molecular flexibility index (Phi) is 5.66. The van der Waals surface area contributed by atoms with Crippen molar-refractivity contribution in [3.8, 4) is 0 Å². The van der Waals surface area contributed by atoms with Crippen LogP contribution in [0.25, 0.3) is 0 Å². The van der Waals surface area contributed by atoms with E-state index in [4.69, 9.17) is 4.74 Å². The number of amides is 1. The van der Waals surface area contributed by atoms with Gasteiger partial charge in [0, 0.05) is 26.4 Å². The molecule has 0 saturated heterocycles. The van der Waals surface area contributed by atoms with Crippen LogP contribution >= 0.6 is 0 Å². The van der Waals surface area contributed by atoms with E-state index in [1.807, 2.05) is 30.3 Å². The second kappa shape index (κ2) is 7.96. The Balaban J connectivity index is 1.92. The van der Waals surface area contributed by atoms with E-state index in [0.29, 0.717) is 31.3 Å². The Morgan fingerprint density at radius 1 is 1.24 bits per heavy atom. The number of carbonyl (C=O) groups is 1. The molecule has 1 heterocycles. The lowest BCUT2D eigenvalue weighted by molar-refractivity contribution is 0.0932. The van der Waals surface area contributed by atoms with Crippen molar-refractivity contribution >= 4 is 11.9 Å². The predicted molar refractivity (Wildman–Crippen MR) is 80.0 cm³/mol. The average molecular weight is 286 g/mol. The number of ether oxygens (including phenoxy) is 1. The SMILES string of the molecule is COCCNC(=O)c1ccnc(NCc2ccccc2)n1. The highest BCUT2D eigenvalue weighted by atomic mass is 16.5. The molecule has 0 unspecified atom stereocenters. The van der Waals surface area contributed by atoms with Crippen LogP contribution < -0.4 is 10.6 Å². The van der Waals surface area contributed by atoms with Gasteiger partial charge in [0.05, 0.1) is 6.61 Å². The van der Waals surface area contributed by atoms with Crippen molar-refractivity contribution in [2.45, 2.75) is 6.54 Å². The van der Waals surface area contributed by atoms with Gasteiger partial charge in [-0.3, -0.25) is 4.79 Å². The Hall–Kier alpha value is -2.47. The molecule has 0 aliphatic heterocycles. The van der Waals surface area contributed by atoms with E-state index in [1.165, 1.54) is 0 Å². The van der Waals surface area contributed by atoms with Crippen LogP contribution in [-0.2, 0) is 11.3 Å². The second-order valence-corrected chi connectivity index (χ2v) is 4.35. The van der Waals surface area contributed by atoms with Crippen molar-refractivity contribution in [1.82, 2.24) is 15.3 Å². The molecule has 0 spiro atoms. The third-order valence-electron chi connectivity index (χ3n) is 2.77.